The van der Waals surface area contributed by atoms with Crippen LogP contribution < -0.4 is 5.43 Å². The summed E-state index contributed by atoms with van der Waals surface area (Å²) >= 11 is 0. The lowest BCUT2D eigenvalue weighted by Crippen LogP contribution is -2.28. The standard InChI is InChI=1S/C12H19N3/c1-9-6-10(2)12(11(3)7-9)13-8-14-15(4)5/h6-8H,1-5H3,(H,13,14). The molecule has 15 heavy (non-hydrogen) atoms. The van der Waals surface area contributed by atoms with Gasteiger partial charge in [0.15, 0.2) is 0 Å². The van der Waals surface area contributed by atoms with Gasteiger partial charge in [-0.05, 0) is 31.9 Å². The number of rotatable bonds is 3. The quantitative estimate of drug-likeness (QED) is 0.466. The molecule has 0 saturated carbocycles. The minimum Gasteiger partial charge on any atom is -0.310 e. The van der Waals surface area contributed by atoms with E-state index >= 15 is 0 Å². The first-order valence-electron chi connectivity index (χ1n) is 5.04. The number of hydrazine groups is 1. The molecule has 0 bridgehead atoms. The Balaban J connectivity index is 2.90. The van der Waals surface area contributed by atoms with E-state index in [1.165, 1.54) is 16.7 Å². The van der Waals surface area contributed by atoms with Crippen LogP contribution in [0, 0.1) is 20.8 Å². The van der Waals surface area contributed by atoms with Crippen molar-refractivity contribution >= 4 is 12.0 Å². The van der Waals surface area contributed by atoms with Crippen molar-refractivity contribution in [2.45, 2.75) is 20.8 Å². The summed E-state index contributed by atoms with van der Waals surface area (Å²) in [6.45, 7) is 6.27. The number of hydrogen-bond donors (Lipinski definition) is 1. The van der Waals surface area contributed by atoms with E-state index in [0.717, 1.165) is 5.69 Å². The van der Waals surface area contributed by atoms with Gasteiger partial charge in [-0.3, -0.25) is 0 Å². The molecule has 0 heterocycles. The highest BCUT2D eigenvalue weighted by atomic mass is 15.5. The lowest BCUT2D eigenvalue weighted by atomic mass is 10.1. The average Bonchev–Trinajstić information content (AvgIpc) is 2.08. The summed E-state index contributed by atoms with van der Waals surface area (Å²) in [5, 5.41) is 1.85. The number of aryl methyl sites for hydroxylation is 3. The SMILES string of the molecule is Cc1cc(C)c(N=CNN(C)C)c(C)c1. The van der Waals surface area contributed by atoms with Gasteiger partial charge in [-0.2, -0.15) is 0 Å². The minimum absolute atomic E-state index is 1.05. The maximum absolute atomic E-state index is 4.41. The number of hydrogen-bond acceptors (Lipinski definition) is 2. The highest BCUT2D eigenvalue weighted by molar-refractivity contribution is 5.65. The molecule has 1 rings (SSSR count). The molecule has 0 aliphatic carbocycles. The van der Waals surface area contributed by atoms with Crippen LogP contribution in [-0.4, -0.2) is 25.4 Å². The molecule has 3 nitrogen and oxygen atoms in total. The first-order valence-corrected chi connectivity index (χ1v) is 5.04. The van der Waals surface area contributed by atoms with Gasteiger partial charge >= 0.3 is 0 Å². The van der Waals surface area contributed by atoms with Gasteiger partial charge in [0.05, 0.1) is 5.69 Å². The predicted molar refractivity (Wildman–Crippen MR) is 65.6 cm³/mol. The molecule has 0 spiro atoms. The van der Waals surface area contributed by atoms with Crippen LogP contribution in [0.25, 0.3) is 0 Å². The zero-order valence-electron chi connectivity index (χ0n) is 10.1. The maximum Gasteiger partial charge on any atom is 0.103 e. The fraction of sp³-hybridized carbons (Fsp3) is 0.417. The maximum atomic E-state index is 4.41. The molecule has 0 radical (unpaired) electrons. The Kier molecular flexibility index (Phi) is 3.86. The Morgan fingerprint density at radius 1 is 1.13 bits per heavy atom. The topological polar surface area (TPSA) is 27.6 Å². The second kappa shape index (κ2) is 4.94. The second-order valence-corrected chi connectivity index (χ2v) is 4.03. The summed E-state index contributed by atoms with van der Waals surface area (Å²) in [5.74, 6) is 0. The van der Waals surface area contributed by atoms with E-state index in [1.807, 2.05) is 19.1 Å². The number of aliphatic imine (C=N–C) groups is 1. The average molecular weight is 205 g/mol. The molecule has 1 N–H and O–H groups in total. The number of nitrogens with one attached hydrogen (secondary N) is 1. The van der Waals surface area contributed by atoms with Crippen LogP contribution in [0.15, 0.2) is 17.1 Å². The van der Waals surface area contributed by atoms with Crippen molar-refractivity contribution in [2.75, 3.05) is 14.1 Å². The van der Waals surface area contributed by atoms with Crippen LogP contribution in [0.5, 0.6) is 0 Å². The van der Waals surface area contributed by atoms with Gasteiger partial charge < -0.3 is 5.43 Å². The Hall–Kier alpha value is -1.35. The van der Waals surface area contributed by atoms with Gasteiger partial charge in [0.2, 0.25) is 0 Å². The summed E-state index contributed by atoms with van der Waals surface area (Å²) in [6, 6.07) is 4.30. The molecule has 0 aliphatic heterocycles. The highest BCUT2D eigenvalue weighted by Gasteiger charge is 2.00. The van der Waals surface area contributed by atoms with E-state index in [0.29, 0.717) is 0 Å². The van der Waals surface area contributed by atoms with E-state index < -0.39 is 0 Å². The smallest absolute Gasteiger partial charge is 0.103 e. The molecule has 0 amide bonds. The number of nitrogens with zero attached hydrogens (tertiary/aromatic N) is 2. The molecule has 1 aromatic carbocycles. The van der Waals surface area contributed by atoms with Crippen molar-refractivity contribution in [2.24, 2.45) is 4.99 Å². The van der Waals surface area contributed by atoms with Crippen molar-refractivity contribution in [3.05, 3.63) is 28.8 Å². The van der Waals surface area contributed by atoms with E-state index in [9.17, 15) is 0 Å². The van der Waals surface area contributed by atoms with Gasteiger partial charge in [-0.15, -0.1) is 0 Å². The first kappa shape index (κ1) is 11.7. The second-order valence-electron chi connectivity index (χ2n) is 4.03. The molecular weight excluding hydrogens is 186 g/mol. The summed E-state index contributed by atoms with van der Waals surface area (Å²) < 4.78 is 0. The molecule has 0 aliphatic rings. The molecule has 0 fully saturated rings. The van der Waals surface area contributed by atoms with Gasteiger partial charge in [0.1, 0.15) is 6.34 Å². The zero-order valence-corrected chi connectivity index (χ0v) is 10.1. The van der Waals surface area contributed by atoms with Crippen LogP contribution in [-0.2, 0) is 0 Å². The van der Waals surface area contributed by atoms with E-state index in [4.69, 9.17) is 0 Å². The molecule has 0 atom stereocenters. The lowest BCUT2D eigenvalue weighted by molar-refractivity contribution is 0.367. The van der Waals surface area contributed by atoms with E-state index in [1.54, 1.807) is 6.34 Å². The van der Waals surface area contributed by atoms with Crippen LogP contribution >= 0.6 is 0 Å². The largest absolute Gasteiger partial charge is 0.310 e. The summed E-state index contributed by atoms with van der Waals surface area (Å²) in [4.78, 5) is 4.41. The molecule has 1 aromatic rings. The third-order valence-corrected chi connectivity index (χ3v) is 2.14. The fourth-order valence-electron chi connectivity index (χ4n) is 1.58. The molecular formula is C12H19N3. The third-order valence-electron chi connectivity index (χ3n) is 2.14. The van der Waals surface area contributed by atoms with Crippen molar-refractivity contribution in [1.82, 2.24) is 10.4 Å². The summed E-state index contributed by atoms with van der Waals surface area (Å²) in [5.41, 5.74) is 7.76. The summed E-state index contributed by atoms with van der Waals surface area (Å²) in [7, 11) is 3.86. The Morgan fingerprint density at radius 2 is 1.67 bits per heavy atom. The fourth-order valence-corrected chi connectivity index (χ4v) is 1.58. The molecule has 0 saturated heterocycles. The van der Waals surface area contributed by atoms with Crippen molar-refractivity contribution in [3.63, 3.8) is 0 Å². The molecule has 0 aromatic heterocycles. The summed E-state index contributed by atoms with van der Waals surface area (Å²) in [6.07, 6.45) is 1.71. The van der Waals surface area contributed by atoms with Crippen LogP contribution in [0.1, 0.15) is 16.7 Å². The molecule has 82 valence electrons. The van der Waals surface area contributed by atoms with Gasteiger partial charge in [0, 0.05) is 14.1 Å². The normalized spacial score (nSPS) is 11.3. The van der Waals surface area contributed by atoms with E-state index in [2.05, 4.69) is 43.3 Å². The Labute approximate surface area is 91.8 Å². The van der Waals surface area contributed by atoms with Gasteiger partial charge in [0.25, 0.3) is 0 Å². The van der Waals surface area contributed by atoms with Crippen LogP contribution in [0.4, 0.5) is 5.69 Å². The molecule has 3 heteroatoms. The van der Waals surface area contributed by atoms with Crippen LogP contribution in [0.2, 0.25) is 0 Å². The van der Waals surface area contributed by atoms with Crippen LogP contribution in [0.3, 0.4) is 0 Å². The van der Waals surface area contributed by atoms with Gasteiger partial charge in [-0.1, -0.05) is 17.7 Å². The Bertz CT molecular complexity index is 344. The molecule has 0 unspecified atom stereocenters. The lowest BCUT2D eigenvalue weighted by Gasteiger charge is -2.09. The first-order chi connectivity index (χ1) is 7.00. The van der Waals surface area contributed by atoms with Crippen molar-refractivity contribution < 1.29 is 0 Å². The minimum atomic E-state index is 1.05. The third kappa shape index (κ3) is 3.36. The zero-order chi connectivity index (χ0) is 11.4. The van der Waals surface area contributed by atoms with Gasteiger partial charge in [-0.25, -0.2) is 10.0 Å². The number of benzene rings is 1. The monoisotopic (exact) mass is 205 g/mol. The van der Waals surface area contributed by atoms with E-state index in [-0.39, 0.29) is 0 Å². The highest BCUT2D eigenvalue weighted by Crippen LogP contribution is 2.24. The van der Waals surface area contributed by atoms with Crippen molar-refractivity contribution in [1.29, 1.82) is 0 Å². The Morgan fingerprint density at radius 3 is 2.13 bits per heavy atom. The predicted octanol–water partition coefficient (Wildman–Crippen LogP) is 2.34. The van der Waals surface area contributed by atoms with Crippen molar-refractivity contribution in [3.8, 4) is 0 Å².